The topological polar surface area (TPSA) is 77.7 Å². The second-order valence-corrected chi connectivity index (χ2v) is 7.92. The van der Waals surface area contributed by atoms with Gasteiger partial charge >= 0.3 is 0 Å². The molecule has 0 saturated carbocycles. The Bertz CT molecular complexity index is 1200. The monoisotopic (exact) mass is 436 g/mol. The number of nitrogens with zero attached hydrogens (tertiary/aromatic N) is 3. The summed E-state index contributed by atoms with van der Waals surface area (Å²) in [6.45, 7) is 3.41. The number of methoxy groups -OCH3 is 2. The van der Waals surface area contributed by atoms with E-state index in [0.717, 1.165) is 24.2 Å². The zero-order valence-electron chi connectivity index (χ0n) is 18.8. The van der Waals surface area contributed by atoms with Crippen molar-refractivity contribution in [3.05, 3.63) is 69.6 Å². The highest BCUT2D eigenvalue weighted by atomic mass is 16.5. The standard InChI is InChI=1S/C24H28N4O4/c1-16-23(24(30)28(26(16)2)19-8-6-5-7-9-19)25-22(29)15-27-11-10-17-12-20(31-3)21(32-4)13-18(17)14-27/h5-9,12-13H,10-11,14-15H2,1-4H3,(H,25,29). The number of anilines is 1. The molecule has 0 spiro atoms. The fourth-order valence-corrected chi connectivity index (χ4v) is 4.17. The van der Waals surface area contributed by atoms with Crippen molar-refractivity contribution < 1.29 is 14.3 Å². The minimum absolute atomic E-state index is 0.201. The summed E-state index contributed by atoms with van der Waals surface area (Å²) in [6.07, 6.45) is 0.814. The summed E-state index contributed by atoms with van der Waals surface area (Å²) in [7, 11) is 5.05. The SMILES string of the molecule is COc1cc2c(cc1OC)CN(CC(=O)Nc1c(C)n(C)n(-c3ccccc3)c1=O)CC2. The second-order valence-electron chi connectivity index (χ2n) is 7.92. The minimum Gasteiger partial charge on any atom is -0.493 e. The number of rotatable bonds is 6. The van der Waals surface area contributed by atoms with E-state index in [2.05, 4.69) is 10.2 Å². The highest BCUT2D eigenvalue weighted by Crippen LogP contribution is 2.33. The number of carbonyl (C=O) groups is 1. The maximum Gasteiger partial charge on any atom is 0.295 e. The molecule has 0 radical (unpaired) electrons. The van der Waals surface area contributed by atoms with Gasteiger partial charge in [0.05, 0.1) is 32.1 Å². The van der Waals surface area contributed by atoms with Gasteiger partial charge < -0.3 is 14.8 Å². The van der Waals surface area contributed by atoms with Gasteiger partial charge in [0.2, 0.25) is 5.91 Å². The molecule has 0 atom stereocenters. The Hall–Kier alpha value is -3.52. The molecule has 1 aromatic heterocycles. The average molecular weight is 437 g/mol. The van der Waals surface area contributed by atoms with E-state index in [4.69, 9.17) is 9.47 Å². The third-order valence-corrected chi connectivity index (χ3v) is 5.98. The molecule has 0 fully saturated rings. The molecule has 1 N–H and O–H groups in total. The Kier molecular flexibility index (Phi) is 6.05. The average Bonchev–Trinajstić information content (AvgIpc) is 3.01. The molecular weight excluding hydrogens is 408 g/mol. The van der Waals surface area contributed by atoms with Crippen molar-refractivity contribution in [3.8, 4) is 17.2 Å². The smallest absolute Gasteiger partial charge is 0.295 e. The quantitative estimate of drug-likeness (QED) is 0.643. The van der Waals surface area contributed by atoms with E-state index in [1.54, 1.807) is 23.6 Å². The summed E-state index contributed by atoms with van der Waals surface area (Å²) in [5, 5.41) is 2.84. The van der Waals surface area contributed by atoms with Crippen LogP contribution in [-0.4, -0.2) is 47.5 Å². The second kappa shape index (κ2) is 8.92. The first-order valence-corrected chi connectivity index (χ1v) is 10.5. The molecule has 2 heterocycles. The number of carbonyl (C=O) groups excluding carboxylic acids is 1. The van der Waals surface area contributed by atoms with E-state index in [1.165, 1.54) is 5.56 Å². The molecule has 0 bridgehead atoms. The van der Waals surface area contributed by atoms with Crippen molar-refractivity contribution in [2.24, 2.45) is 7.05 Å². The van der Waals surface area contributed by atoms with Gasteiger partial charge in [0, 0.05) is 20.1 Å². The molecule has 32 heavy (non-hydrogen) atoms. The van der Waals surface area contributed by atoms with Crippen LogP contribution in [0.4, 0.5) is 5.69 Å². The van der Waals surface area contributed by atoms with Crippen LogP contribution >= 0.6 is 0 Å². The summed E-state index contributed by atoms with van der Waals surface area (Å²) < 4.78 is 14.1. The van der Waals surface area contributed by atoms with Gasteiger partial charge in [-0.25, -0.2) is 4.68 Å². The number of benzene rings is 2. The van der Waals surface area contributed by atoms with Crippen LogP contribution in [0.15, 0.2) is 47.3 Å². The lowest BCUT2D eigenvalue weighted by molar-refractivity contribution is -0.117. The van der Waals surface area contributed by atoms with E-state index in [9.17, 15) is 9.59 Å². The van der Waals surface area contributed by atoms with Gasteiger partial charge in [-0.1, -0.05) is 18.2 Å². The number of amides is 1. The van der Waals surface area contributed by atoms with Crippen LogP contribution in [0.5, 0.6) is 11.5 Å². The lowest BCUT2D eigenvalue weighted by Crippen LogP contribution is -2.37. The number of ether oxygens (including phenoxy) is 2. The Labute approximate surface area is 187 Å². The number of para-hydroxylation sites is 1. The van der Waals surface area contributed by atoms with Crippen molar-refractivity contribution in [1.29, 1.82) is 0 Å². The van der Waals surface area contributed by atoms with E-state index >= 15 is 0 Å². The van der Waals surface area contributed by atoms with Crippen LogP contribution in [0.25, 0.3) is 5.69 Å². The number of nitrogens with one attached hydrogen (secondary N) is 1. The van der Waals surface area contributed by atoms with Gasteiger partial charge in [0.1, 0.15) is 5.69 Å². The Balaban J connectivity index is 1.49. The summed E-state index contributed by atoms with van der Waals surface area (Å²) in [6, 6.07) is 13.3. The van der Waals surface area contributed by atoms with Crippen molar-refractivity contribution in [2.45, 2.75) is 19.9 Å². The van der Waals surface area contributed by atoms with Gasteiger partial charge in [-0.15, -0.1) is 0 Å². The highest BCUT2D eigenvalue weighted by molar-refractivity contribution is 5.92. The molecule has 2 aromatic carbocycles. The summed E-state index contributed by atoms with van der Waals surface area (Å²) >= 11 is 0. The first kappa shape index (κ1) is 21.7. The van der Waals surface area contributed by atoms with Crippen LogP contribution in [0, 0.1) is 6.92 Å². The molecule has 0 unspecified atom stereocenters. The van der Waals surface area contributed by atoms with Crippen LogP contribution in [0.2, 0.25) is 0 Å². The molecular formula is C24H28N4O4. The third-order valence-electron chi connectivity index (χ3n) is 5.98. The van der Waals surface area contributed by atoms with Gasteiger partial charge in [-0.2, -0.15) is 0 Å². The van der Waals surface area contributed by atoms with Crippen molar-refractivity contribution in [3.63, 3.8) is 0 Å². The number of hydrogen-bond acceptors (Lipinski definition) is 5. The first-order chi connectivity index (χ1) is 15.4. The normalized spacial score (nSPS) is 13.5. The van der Waals surface area contributed by atoms with Crippen molar-refractivity contribution in [2.75, 3.05) is 32.6 Å². The zero-order chi connectivity index (χ0) is 22.8. The molecule has 168 valence electrons. The van der Waals surface area contributed by atoms with Gasteiger partial charge in [-0.05, 0) is 48.7 Å². The van der Waals surface area contributed by atoms with Gasteiger partial charge in [0.15, 0.2) is 11.5 Å². The van der Waals surface area contributed by atoms with E-state index in [-0.39, 0.29) is 18.0 Å². The fourth-order valence-electron chi connectivity index (χ4n) is 4.17. The molecule has 8 heteroatoms. The van der Waals surface area contributed by atoms with E-state index in [0.29, 0.717) is 29.4 Å². The Morgan fingerprint density at radius 2 is 1.72 bits per heavy atom. The maximum absolute atomic E-state index is 13.0. The molecule has 1 aliphatic rings. The largest absolute Gasteiger partial charge is 0.493 e. The van der Waals surface area contributed by atoms with Crippen LogP contribution in [-0.2, 0) is 24.8 Å². The summed E-state index contributed by atoms with van der Waals surface area (Å²) in [5.74, 6) is 1.19. The summed E-state index contributed by atoms with van der Waals surface area (Å²) in [4.78, 5) is 27.9. The molecule has 4 rings (SSSR count). The molecule has 3 aromatic rings. The third kappa shape index (κ3) is 4.01. The number of fused-ring (bicyclic) bond motifs is 1. The Morgan fingerprint density at radius 1 is 1.06 bits per heavy atom. The minimum atomic E-state index is -0.245. The van der Waals surface area contributed by atoms with Gasteiger partial charge in [-0.3, -0.25) is 19.2 Å². The Morgan fingerprint density at radius 3 is 2.38 bits per heavy atom. The lowest BCUT2D eigenvalue weighted by atomic mass is 9.99. The van der Waals surface area contributed by atoms with Crippen LogP contribution in [0.1, 0.15) is 16.8 Å². The predicted molar refractivity (Wildman–Crippen MR) is 123 cm³/mol. The van der Waals surface area contributed by atoms with E-state index < -0.39 is 0 Å². The maximum atomic E-state index is 13.0. The van der Waals surface area contributed by atoms with Crippen molar-refractivity contribution in [1.82, 2.24) is 14.3 Å². The highest BCUT2D eigenvalue weighted by Gasteiger charge is 2.23. The van der Waals surface area contributed by atoms with Crippen LogP contribution < -0.4 is 20.3 Å². The number of aromatic nitrogens is 2. The van der Waals surface area contributed by atoms with E-state index in [1.807, 2.05) is 56.4 Å². The first-order valence-electron chi connectivity index (χ1n) is 10.5. The lowest BCUT2D eigenvalue weighted by Gasteiger charge is -2.28. The van der Waals surface area contributed by atoms with Crippen LogP contribution in [0.3, 0.4) is 0 Å². The molecule has 8 nitrogen and oxygen atoms in total. The molecule has 1 aliphatic heterocycles. The molecule has 0 saturated heterocycles. The fraction of sp³-hybridized carbons (Fsp3) is 0.333. The van der Waals surface area contributed by atoms with Gasteiger partial charge in [0.25, 0.3) is 5.56 Å². The molecule has 0 aliphatic carbocycles. The predicted octanol–water partition coefficient (Wildman–Crippen LogP) is 2.50. The summed E-state index contributed by atoms with van der Waals surface area (Å²) in [5.41, 5.74) is 3.83. The number of hydrogen-bond donors (Lipinski definition) is 1. The van der Waals surface area contributed by atoms with Crippen molar-refractivity contribution >= 4 is 11.6 Å². The molecule has 1 amide bonds. The zero-order valence-corrected chi connectivity index (χ0v) is 18.8.